The molecule has 1 unspecified atom stereocenters. The molecule has 96 valence electrons. The van der Waals surface area contributed by atoms with Crippen LogP contribution in [0.25, 0.3) is 0 Å². The minimum Gasteiger partial charge on any atom is -0.485 e. The van der Waals surface area contributed by atoms with Gasteiger partial charge in [-0.15, -0.1) is 0 Å². The molecule has 0 bridgehead atoms. The van der Waals surface area contributed by atoms with Crippen LogP contribution in [0.5, 0.6) is 5.75 Å². The molecule has 1 N–H and O–H groups in total. The molecule has 0 aliphatic carbocycles. The Morgan fingerprint density at radius 3 is 2.89 bits per heavy atom. The second-order valence-corrected chi connectivity index (χ2v) is 4.98. The van der Waals surface area contributed by atoms with Crippen LogP contribution in [-0.4, -0.2) is 7.05 Å². The average Bonchev–Trinajstić information content (AvgIpc) is 2.89. The van der Waals surface area contributed by atoms with Gasteiger partial charge in [0.05, 0.1) is 6.26 Å². The van der Waals surface area contributed by atoms with E-state index in [0.29, 0.717) is 6.61 Å². The summed E-state index contributed by atoms with van der Waals surface area (Å²) >= 11 is 3.48. The van der Waals surface area contributed by atoms with Crippen molar-refractivity contribution in [2.45, 2.75) is 19.6 Å². The van der Waals surface area contributed by atoms with E-state index < -0.39 is 0 Å². The predicted octanol–water partition coefficient (Wildman–Crippen LogP) is 3.90. The molecule has 0 radical (unpaired) electrons. The number of ether oxygens (including phenoxy) is 1. The molecule has 0 saturated heterocycles. The third-order valence-corrected chi connectivity index (χ3v) is 3.31. The van der Waals surface area contributed by atoms with Gasteiger partial charge in [0, 0.05) is 16.1 Å². The topological polar surface area (TPSA) is 34.4 Å². The van der Waals surface area contributed by atoms with E-state index >= 15 is 0 Å². The van der Waals surface area contributed by atoms with E-state index in [0.717, 1.165) is 21.5 Å². The van der Waals surface area contributed by atoms with Crippen molar-refractivity contribution < 1.29 is 9.15 Å². The zero-order chi connectivity index (χ0) is 13.0. The number of benzene rings is 1. The minimum absolute atomic E-state index is 0.231. The molecule has 0 saturated carbocycles. The van der Waals surface area contributed by atoms with Crippen molar-refractivity contribution in [2.24, 2.45) is 0 Å². The SMILES string of the molecule is CNC(C)c1cc(Br)ccc1OCc1ccco1. The summed E-state index contributed by atoms with van der Waals surface area (Å²) in [5.74, 6) is 1.69. The Morgan fingerprint density at radius 1 is 1.39 bits per heavy atom. The summed E-state index contributed by atoms with van der Waals surface area (Å²) in [6.07, 6.45) is 1.65. The lowest BCUT2D eigenvalue weighted by Crippen LogP contribution is -2.13. The van der Waals surface area contributed by atoms with Gasteiger partial charge >= 0.3 is 0 Å². The van der Waals surface area contributed by atoms with Crippen LogP contribution in [0.15, 0.2) is 45.5 Å². The maximum Gasteiger partial charge on any atom is 0.146 e. The first-order valence-corrected chi connectivity index (χ1v) is 6.62. The summed E-state index contributed by atoms with van der Waals surface area (Å²) in [7, 11) is 1.93. The van der Waals surface area contributed by atoms with Gasteiger partial charge in [0.15, 0.2) is 0 Å². The molecule has 0 amide bonds. The van der Waals surface area contributed by atoms with Crippen molar-refractivity contribution in [1.29, 1.82) is 0 Å². The maximum atomic E-state index is 5.80. The van der Waals surface area contributed by atoms with E-state index in [1.54, 1.807) is 6.26 Å². The Morgan fingerprint density at radius 2 is 2.22 bits per heavy atom. The predicted molar refractivity (Wildman–Crippen MR) is 74.7 cm³/mol. The fourth-order valence-corrected chi connectivity index (χ4v) is 2.07. The lowest BCUT2D eigenvalue weighted by Gasteiger charge is -2.16. The maximum absolute atomic E-state index is 5.80. The molecule has 0 aliphatic rings. The number of hydrogen-bond donors (Lipinski definition) is 1. The zero-order valence-corrected chi connectivity index (χ0v) is 12.0. The Balaban J connectivity index is 2.16. The molecule has 0 aliphatic heterocycles. The van der Waals surface area contributed by atoms with Crippen molar-refractivity contribution in [3.8, 4) is 5.75 Å². The average molecular weight is 310 g/mol. The Labute approximate surface area is 115 Å². The minimum atomic E-state index is 0.231. The van der Waals surface area contributed by atoms with Gasteiger partial charge in [0.2, 0.25) is 0 Å². The molecule has 18 heavy (non-hydrogen) atoms. The lowest BCUT2D eigenvalue weighted by molar-refractivity contribution is 0.266. The van der Waals surface area contributed by atoms with E-state index in [4.69, 9.17) is 9.15 Å². The number of furan rings is 1. The number of halogens is 1. The molecular weight excluding hydrogens is 294 g/mol. The highest BCUT2D eigenvalue weighted by Crippen LogP contribution is 2.29. The van der Waals surface area contributed by atoms with Gasteiger partial charge in [-0.1, -0.05) is 15.9 Å². The van der Waals surface area contributed by atoms with Crippen LogP contribution < -0.4 is 10.1 Å². The van der Waals surface area contributed by atoms with Crippen LogP contribution in [0.4, 0.5) is 0 Å². The molecule has 2 aromatic rings. The molecular formula is C14H16BrNO2. The van der Waals surface area contributed by atoms with E-state index in [1.807, 2.05) is 31.3 Å². The standard InChI is InChI=1S/C14H16BrNO2/c1-10(16-2)13-8-11(15)5-6-14(13)18-9-12-4-3-7-17-12/h3-8,10,16H,9H2,1-2H3. The van der Waals surface area contributed by atoms with Crippen LogP contribution in [0, 0.1) is 0 Å². The monoisotopic (exact) mass is 309 g/mol. The van der Waals surface area contributed by atoms with E-state index in [1.165, 1.54) is 0 Å². The van der Waals surface area contributed by atoms with Crippen LogP contribution >= 0.6 is 15.9 Å². The highest BCUT2D eigenvalue weighted by Gasteiger charge is 2.11. The smallest absolute Gasteiger partial charge is 0.146 e. The van der Waals surface area contributed by atoms with E-state index in [2.05, 4.69) is 34.2 Å². The summed E-state index contributed by atoms with van der Waals surface area (Å²) in [5.41, 5.74) is 1.12. The highest BCUT2D eigenvalue weighted by molar-refractivity contribution is 9.10. The van der Waals surface area contributed by atoms with Crippen molar-refractivity contribution in [3.05, 3.63) is 52.4 Å². The highest BCUT2D eigenvalue weighted by atomic mass is 79.9. The quantitative estimate of drug-likeness (QED) is 0.909. The van der Waals surface area contributed by atoms with Gasteiger partial charge in [0.25, 0.3) is 0 Å². The van der Waals surface area contributed by atoms with Crippen LogP contribution in [0.3, 0.4) is 0 Å². The van der Waals surface area contributed by atoms with Gasteiger partial charge in [-0.2, -0.15) is 0 Å². The van der Waals surface area contributed by atoms with Gasteiger partial charge in [0.1, 0.15) is 18.1 Å². The molecule has 1 aromatic carbocycles. The fraction of sp³-hybridized carbons (Fsp3) is 0.286. The third-order valence-electron chi connectivity index (χ3n) is 2.82. The van der Waals surface area contributed by atoms with Crippen molar-refractivity contribution in [3.63, 3.8) is 0 Å². The third kappa shape index (κ3) is 3.15. The molecule has 1 atom stereocenters. The Kier molecular flexibility index (Phi) is 4.44. The first-order valence-electron chi connectivity index (χ1n) is 5.82. The Hall–Kier alpha value is -1.26. The van der Waals surface area contributed by atoms with Crippen molar-refractivity contribution in [1.82, 2.24) is 5.32 Å². The second-order valence-electron chi connectivity index (χ2n) is 4.06. The van der Waals surface area contributed by atoms with Crippen LogP contribution in [-0.2, 0) is 6.61 Å². The summed E-state index contributed by atoms with van der Waals surface area (Å²) < 4.78 is 12.1. The molecule has 2 rings (SSSR count). The molecule has 1 aromatic heterocycles. The van der Waals surface area contributed by atoms with E-state index in [9.17, 15) is 0 Å². The molecule has 3 nitrogen and oxygen atoms in total. The second kappa shape index (κ2) is 6.07. The molecule has 0 spiro atoms. The van der Waals surface area contributed by atoms with Gasteiger partial charge < -0.3 is 14.5 Å². The number of hydrogen-bond acceptors (Lipinski definition) is 3. The Bertz CT molecular complexity index is 497. The van der Waals surface area contributed by atoms with Crippen LogP contribution in [0.1, 0.15) is 24.3 Å². The first-order chi connectivity index (χ1) is 8.70. The number of nitrogens with one attached hydrogen (secondary N) is 1. The first kappa shape index (κ1) is 13.2. The molecule has 0 fully saturated rings. The zero-order valence-electron chi connectivity index (χ0n) is 10.4. The van der Waals surface area contributed by atoms with E-state index in [-0.39, 0.29) is 6.04 Å². The normalized spacial score (nSPS) is 12.4. The summed E-state index contributed by atoms with van der Waals surface area (Å²) in [6.45, 7) is 2.54. The molecule has 4 heteroatoms. The van der Waals surface area contributed by atoms with Gasteiger partial charge in [-0.05, 0) is 44.3 Å². The molecule has 1 heterocycles. The fourth-order valence-electron chi connectivity index (χ4n) is 1.69. The van der Waals surface area contributed by atoms with Gasteiger partial charge in [-0.25, -0.2) is 0 Å². The summed E-state index contributed by atoms with van der Waals surface area (Å²) in [6, 6.07) is 10.0. The van der Waals surface area contributed by atoms with Crippen molar-refractivity contribution in [2.75, 3.05) is 7.05 Å². The summed E-state index contributed by atoms with van der Waals surface area (Å²) in [4.78, 5) is 0. The largest absolute Gasteiger partial charge is 0.485 e. The van der Waals surface area contributed by atoms with Crippen LogP contribution in [0.2, 0.25) is 0 Å². The van der Waals surface area contributed by atoms with Crippen molar-refractivity contribution >= 4 is 15.9 Å². The lowest BCUT2D eigenvalue weighted by atomic mass is 10.1. The summed E-state index contributed by atoms with van der Waals surface area (Å²) in [5, 5.41) is 3.22. The van der Waals surface area contributed by atoms with Gasteiger partial charge in [-0.3, -0.25) is 0 Å². The number of rotatable bonds is 5.